The fraction of sp³-hybridized carbons (Fsp3) is 0.312. The molecule has 0 saturated carbocycles. The summed E-state index contributed by atoms with van der Waals surface area (Å²) < 4.78 is 7.75. The van der Waals surface area contributed by atoms with E-state index in [1.807, 2.05) is 11.8 Å². The minimum absolute atomic E-state index is 0.404. The van der Waals surface area contributed by atoms with Crippen molar-refractivity contribution in [3.63, 3.8) is 0 Å². The summed E-state index contributed by atoms with van der Waals surface area (Å²) in [6, 6.07) is 10.6. The second kappa shape index (κ2) is 4.84. The first kappa shape index (κ1) is 12.8. The van der Waals surface area contributed by atoms with Gasteiger partial charge in [-0.1, -0.05) is 22.9 Å². The number of benzene rings is 1. The lowest BCUT2D eigenvalue weighted by Crippen LogP contribution is -2.21. The number of aryl methyl sites for hydroxylation is 1. The fourth-order valence-electron chi connectivity index (χ4n) is 2.81. The number of ether oxygens (including phenoxy) is 1. The average Bonchev–Trinajstić information content (AvgIpc) is 3.11. The van der Waals surface area contributed by atoms with Gasteiger partial charge in [0.15, 0.2) is 5.88 Å². The monoisotopic (exact) mass is 300 g/mol. The summed E-state index contributed by atoms with van der Waals surface area (Å²) in [6.07, 6.45) is 0. The number of nitrogens with zero attached hydrogens (tertiary/aromatic N) is 2. The molecule has 108 valence electrons. The number of fused-ring (bicyclic) bond motifs is 3. The van der Waals surface area contributed by atoms with Crippen molar-refractivity contribution in [2.45, 2.75) is 11.9 Å². The number of rotatable bonds is 2. The lowest BCUT2D eigenvalue weighted by molar-refractivity contribution is 0.159. The van der Waals surface area contributed by atoms with Gasteiger partial charge in [0.2, 0.25) is 0 Å². The first-order valence-electron chi connectivity index (χ1n) is 6.97. The van der Waals surface area contributed by atoms with Crippen molar-refractivity contribution in [2.75, 3.05) is 19.5 Å². The first-order valence-corrected chi connectivity index (χ1v) is 7.96. The average molecular weight is 300 g/mol. The van der Waals surface area contributed by atoms with Crippen molar-refractivity contribution in [3.8, 4) is 11.6 Å². The molecule has 4 rings (SSSR count). The highest BCUT2D eigenvalue weighted by Crippen LogP contribution is 2.41. The van der Waals surface area contributed by atoms with E-state index in [1.165, 1.54) is 10.6 Å². The van der Waals surface area contributed by atoms with Gasteiger partial charge in [-0.05, 0) is 19.1 Å². The number of methoxy groups -OCH3 is 1. The van der Waals surface area contributed by atoms with Crippen LogP contribution in [0.3, 0.4) is 0 Å². The summed E-state index contributed by atoms with van der Waals surface area (Å²) in [5, 5.41) is 5.42. The molecule has 2 aliphatic rings. The molecule has 1 atom stereocenters. The Labute approximate surface area is 127 Å². The highest BCUT2D eigenvalue weighted by atomic mass is 32.2. The quantitative estimate of drug-likeness (QED) is 0.854. The number of aromatic nitrogens is 1. The summed E-state index contributed by atoms with van der Waals surface area (Å²) >= 11 is 1.85. The highest BCUT2D eigenvalue weighted by molar-refractivity contribution is 7.99. The van der Waals surface area contributed by atoms with Crippen molar-refractivity contribution in [2.24, 2.45) is 11.1 Å². The van der Waals surface area contributed by atoms with Gasteiger partial charge in [-0.3, -0.25) is 4.57 Å². The minimum Gasteiger partial charge on any atom is -0.482 e. The zero-order valence-electron chi connectivity index (χ0n) is 12.0. The number of hydrogen-bond acceptors (Lipinski definition) is 4. The molecule has 0 saturated heterocycles. The third-order valence-electron chi connectivity index (χ3n) is 3.95. The van der Waals surface area contributed by atoms with Crippen LogP contribution in [0.25, 0.3) is 5.69 Å². The number of thioether (sulfide) groups is 1. The van der Waals surface area contributed by atoms with E-state index in [9.17, 15) is 0 Å². The fourth-order valence-corrected chi connectivity index (χ4v) is 4.07. The molecule has 0 fully saturated rings. The Morgan fingerprint density at radius 1 is 1.33 bits per heavy atom. The van der Waals surface area contributed by atoms with E-state index in [1.54, 1.807) is 7.11 Å². The molecule has 0 radical (unpaired) electrons. The number of hydrogen-bond donors (Lipinski definition) is 0. The van der Waals surface area contributed by atoms with E-state index in [-0.39, 0.29) is 0 Å². The molecule has 0 aliphatic carbocycles. The van der Waals surface area contributed by atoms with Gasteiger partial charge in [0.05, 0.1) is 23.8 Å². The van der Waals surface area contributed by atoms with Crippen LogP contribution in [0, 0.1) is 12.8 Å². The van der Waals surface area contributed by atoms with Crippen LogP contribution in [0.2, 0.25) is 0 Å². The van der Waals surface area contributed by atoms with Gasteiger partial charge < -0.3 is 9.57 Å². The van der Waals surface area contributed by atoms with Crippen molar-refractivity contribution in [1.29, 1.82) is 0 Å². The van der Waals surface area contributed by atoms with Crippen LogP contribution in [-0.4, -0.2) is 29.7 Å². The van der Waals surface area contributed by atoms with Gasteiger partial charge in [0, 0.05) is 23.1 Å². The van der Waals surface area contributed by atoms with E-state index in [4.69, 9.17) is 9.57 Å². The van der Waals surface area contributed by atoms with E-state index in [0.717, 1.165) is 28.6 Å². The zero-order valence-corrected chi connectivity index (χ0v) is 12.8. The van der Waals surface area contributed by atoms with Crippen LogP contribution in [0.1, 0.15) is 11.1 Å². The van der Waals surface area contributed by atoms with Gasteiger partial charge in [-0.25, -0.2) is 0 Å². The van der Waals surface area contributed by atoms with Crippen molar-refractivity contribution < 1.29 is 9.57 Å². The third kappa shape index (κ3) is 1.95. The van der Waals surface area contributed by atoms with E-state index >= 15 is 0 Å². The molecule has 2 aliphatic heterocycles. The van der Waals surface area contributed by atoms with Crippen LogP contribution < -0.4 is 4.74 Å². The minimum atomic E-state index is 0.404. The smallest absolute Gasteiger partial charge is 0.199 e. The van der Waals surface area contributed by atoms with E-state index in [0.29, 0.717) is 12.5 Å². The molecule has 1 aromatic heterocycles. The van der Waals surface area contributed by atoms with Gasteiger partial charge >= 0.3 is 0 Å². The molecule has 0 bridgehead atoms. The third-order valence-corrected chi connectivity index (χ3v) is 5.19. The molecule has 2 aromatic rings. The standard InChI is InChI=1S/C16H16N2O2S/c1-10-3-5-12(6-4-10)18-14(19-2)7-13-15-11(8-20-17-15)9-21-16(13)18/h3-7,11H,8-9H2,1-2H3. The molecular weight excluding hydrogens is 284 g/mol. The van der Waals surface area contributed by atoms with Gasteiger partial charge in [-0.2, -0.15) is 0 Å². The van der Waals surface area contributed by atoms with Crippen LogP contribution >= 0.6 is 11.8 Å². The molecule has 5 heteroatoms. The first-order chi connectivity index (χ1) is 10.3. The lowest BCUT2D eigenvalue weighted by Gasteiger charge is -2.19. The summed E-state index contributed by atoms with van der Waals surface area (Å²) in [7, 11) is 1.71. The van der Waals surface area contributed by atoms with Crippen LogP contribution in [0.15, 0.2) is 40.5 Å². The summed E-state index contributed by atoms with van der Waals surface area (Å²) in [5.74, 6) is 2.25. The molecule has 1 unspecified atom stereocenters. The maximum Gasteiger partial charge on any atom is 0.199 e. The van der Waals surface area contributed by atoms with Gasteiger partial charge in [0.1, 0.15) is 6.61 Å². The Balaban J connectivity index is 1.89. The molecule has 4 nitrogen and oxygen atoms in total. The molecule has 3 heterocycles. The van der Waals surface area contributed by atoms with Crippen molar-refractivity contribution >= 4 is 17.5 Å². The summed E-state index contributed by atoms with van der Waals surface area (Å²) in [4.78, 5) is 5.28. The maximum atomic E-state index is 5.59. The second-order valence-electron chi connectivity index (χ2n) is 5.36. The Kier molecular flexibility index (Phi) is 2.96. The highest BCUT2D eigenvalue weighted by Gasteiger charge is 2.34. The van der Waals surface area contributed by atoms with E-state index in [2.05, 4.69) is 47.0 Å². The molecule has 21 heavy (non-hydrogen) atoms. The van der Waals surface area contributed by atoms with Crippen molar-refractivity contribution in [1.82, 2.24) is 4.57 Å². The van der Waals surface area contributed by atoms with Crippen LogP contribution in [0.4, 0.5) is 0 Å². The molecule has 0 N–H and O–H groups in total. The Hall–Kier alpha value is -1.88. The maximum absolute atomic E-state index is 5.59. The van der Waals surface area contributed by atoms with E-state index < -0.39 is 0 Å². The topological polar surface area (TPSA) is 35.8 Å². The summed E-state index contributed by atoms with van der Waals surface area (Å²) in [5.41, 5.74) is 4.57. The Morgan fingerprint density at radius 2 is 2.14 bits per heavy atom. The second-order valence-corrected chi connectivity index (χ2v) is 6.37. The SMILES string of the molecule is COc1cc2c(n1-c1ccc(C)cc1)SCC1CON=C21. The molecular formula is C16H16N2O2S. The molecule has 0 spiro atoms. The summed E-state index contributed by atoms with van der Waals surface area (Å²) in [6.45, 7) is 2.79. The Bertz CT molecular complexity index is 719. The predicted octanol–water partition coefficient (Wildman–Crippen LogP) is 3.25. The Morgan fingerprint density at radius 3 is 2.90 bits per heavy atom. The van der Waals surface area contributed by atoms with Crippen LogP contribution in [-0.2, 0) is 4.84 Å². The van der Waals surface area contributed by atoms with Gasteiger partial charge in [0.25, 0.3) is 0 Å². The van der Waals surface area contributed by atoms with Crippen LogP contribution in [0.5, 0.6) is 5.88 Å². The molecule has 1 aromatic carbocycles. The predicted molar refractivity (Wildman–Crippen MR) is 83.8 cm³/mol. The zero-order chi connectivity index (χ0) is 14.4. The van der Waals surface area contributed by atoms with Crippen molar-refractivity contribution in [3.05, 3.63) is 41.5 Å². The normalized spacial score (nSPS) is 19.5. The number of oxime groups is 1. The lowest BCUT2D eigenvalue weighted by atomic mass is 10.0. The molecule has 0 amide bonds. The largest absolute Gasteiger partial charge is 0.482 e. The van der Waals surface area contributed by atoms with Gasteiger partial charge in [-0.15, -0.1) is 11.8 Å².